The first-order valence-electron chi connectivity index (χ1n) is 9.89. The Morgan fingerprint density at radius 1 is 0.958 bits per heavy atom. The number of rotatable bonds is 2. The molecule has 5 atom stereocenters. The topological polar surface area (TPSA) is 23.6 Å². The molecule has 1 aromatic carbocycles. The highest BCUT2D eigenvalue weighted by Crippen LogP contribution is 2.51. The molecule has 24 heavy (non-hydrogen) atoms. The summed E-state index contributed by atoms with van der Waals surface area (Å²) in [6.45, 7) is 3.45. The molecule has 5 rings (SSSR count). The molecule has 1 aromatic rings. The summed E-state index contributed by atoms with van der Waals surface area (Å²) in [6, 6.07) is 12.0. The van der Waals surface area contributed by atoms with Crippen LogP contribution in [0.4, 0.5) is 0 Å². The van der Waals surface area contributed by atoms with Crippen LogP contribution in [-0.2, 0) is 11.3 Å². The van der Waals surface area contributed by atoms with Crippen molar-refractivity contribution < 1.29 is 4.79 Å². The van der Waals surface area contributed by atoms with E-state index >= 15 is 0 Å². The average molecular weight is 324 g/mol. The van der Waals surface area contributed by atoms with Gasteiger partial charge in [-0.3, -0.25) is 9.69 Å². The number of hydrogen-bond acceptors (Lipinski definition) is 2. The molecule has 0 bridgehead atoms. The molecule has 4 fully saturated rings. The molecule has 0 spiro atoms. The Bertz CT molecular complexity index is 616. The van der Waals surface area contributed by atoms with E-state index in [1.165, 1.54) is 44.3 Å². The maximum absolute atomic E-state index is 12.6. The molecule has 4 aliphatic rings. The molecule has 3 aliphatic heterocycles. The summed E-state index contributed by atoms with van der Waals surface area (Å²) < 4.78 is 0. The lowest BCUT2D eigenvalue weighted by molar-refractivity contribution is -0.142. The number of fused-ring (bicyclic) bond motifs is 3. The van der Waals surface area contributed by atoms with Crippen LogP contribution in [0, 0.1) is 17.8 Å². The Kier molecular flexibility index (Phi) is 3.66. The Morgan fingerprint density at radius 2 is 1.79 bits per heavy atom. The molecule has 128 valence electrons. The SMILES string of the molecule is O=C1CC[C@@H]2CN(Cc3ccccc3)CC3C2N1[C@H]1CCCC[C@H]31. The molecular weight excluding hydrogens is 296 g/mol. The van der Waals surface area contributed by atoms with E-state index in [9.17, 15) is 4.79 Å². The van der Waals surface area contributed by atoms with Gasteiger partial charge in [0, 0.05) is 38.1 Å². The molecule has 2 unspecified atom stereocenters. The number of hydrogen-bond donors (Lipinski definition) is 0. The van der Waals surface area contributed by atoms with E-state index in [1.807, 2.05) is 0 Å². The third-order valence-electron chi connectivity index (χ3n) is 7.16. The summed E-state index contributed by atoms with van der Waals surface area (Å²) in [6.07, 6.45) is 7.20. The molecule has 3 nitrogen and oxygen atoms in total. The Labute approximate surface area is 145 Å². The highest BCUT2D eigenvalue weighted by molar-refractivity contribution is 5.78. The lowest BCUT2D eigenvalue weighted by atomic mass is 9.73. The number of piperidine rings is 2. The molecule has 3 saturated heterocycles. The van der Waals surface area contributed by atoms with Gasteiger partial charge in [-0.05, 0) is 42.6 Å². The number of carbonyl (C=O) groups excluding carboxylic acids is 1. The summed E-state index contributed by atoms with van der Waals surface area (Å²) >= 11 is 0. The van der Waals surface area contributed by atoms with Crippen molar-refractivity contribution in [2.24, 2.45) is 17.8 Å². The average Bonchev–Trinajstić information content (AvgIpc) is 2.95. The lowest BCUT2D eigenvalue weighted by Crippen LogP contribution is -2.57. The number of likely N-dealkylation sites (tertiary alicyclic amines) is 1. The van der Waals surface area contributed by atoms with Gasteiger partial charge in [-0.25, -0.2) is 0 Å². The van der Waals surface area contributed by atoms with Crippen molar-refractivity contribution in [3.05, 3.63) is 35.9 Å². The zero-order valence-electron chi connectivity index (χ0n) is 14.4. The molecule has 0 N–H and O–H groups in total. The van der Waals surface area contributed by atoms with E-state index in [2.05, 4.69) is 40.1 Å². The van der Waals surface area contributed by atoms with E-state index in [-0.39, 0.29) is 0 Å². The van der Waals surface area contributed by atoms with Crippen molar-refractivity contribution >= 4 is 5.91 Å². The Hall–Kier alpha value is -1.35. The Balaban J connectivity index is 1.41. The monoisotopic (exact) mass is 324 g/mol. The van der Waals surface area contributed by atoms with Gasteiger partial charge in [0.15, 0.2) is 0 Å². The van der Waals surface area contributed by atoms with Crippen LogP contribution < -0.4 is 0 Å². The molecular formula is C21H28N2O. The molecule has 0 aromatic heterocycles. The van der Waals surface area contributed by atoms with Crippen molar-refractivity contribution in [2.45, 2.75) is 57.2 Å². The number of carbonyl (C=O) groups is 1. The fourth-order valence-electron chi connectivity index (χ4n) is 6.32. The van der Waals surface area contributed by atoms with Crippen LogP contribution in [0.5, 0.6) is 0 Å². The van der Waals surface area contributed by atoms with Gasteiger partial charge in [0.05, 0.1) is 0 Å². The first kappa shape index (κ1) is 14.9. The molecule has 1 aliphatic carbocycles. The van der Waals surface area contributed by atoms with Gasteiger partial charge >= 0.3 is 0 Å². The third kappa shape index (κ3) is 2.32. The standard InChI is InChI=1S/C21H28N2O/c24-20-11-10-16-13-22(12-15-6-2-1-3-7-15)14-18-17-8-4-5-9-19(17)23(20)21(16)18/h1-3,6-7,16-19,21H,4-5,8-14H2/t16-,17-,18?,19+,21?/m1/s1. The zero-order chi connectivity index (χ0) is 16.1. The van der Waals surface area contributed by atoms with Gasteiger partial charge in [0.25, 0.3) is 0 Å². The first-order chi connectivity index (χ1) is 11.8. The zero-order valence-corrected chi connectivity index (χ0v) is 14.4. The quantitative estimate of drug-likeness (QED) is 0.833. The number of benzene rings is 1. The fraction of sp³-hybridized carbons (Fsp3) is 0.667. The van der Waals surface area contributed by atoms with Crippen molar-refractivity contribution in [3.8, 4) is 0 Å². The van der Waals surface area contributed by atoms with Crippen LogP contribution in [0.1, 0.15) is 44.1 Å². The van der Waals surface area contributed by atoms with Crippen LogP contribution >= 0.6 is 0 Å². The largest absolute Gasteiger partial charge is 0.336 e. The molecule has 1 saturated carbocycles. The van der Waals surface area contributed by atoms with Gasteiger partial charge < -0.3 is 4.90 Å². The minimum Gasteiger partial charge on any atom is -0.336 e. The van der Waals surface area contributed by atoms with E-state index in [0.717, 1.165) is 31.2 Å². The summed E-state index contributed by atoms with van der Waals surface area (Å²) in [5.74, 6) is 2.66. The van der Waals surface area contributed by atoms with Crippen LogP contribution in [-0.4, -0.2) is 40.9 Å². The minimum absolute atomic E-state index is 0.465. The minimum atomic E-state index is 0.465. The van der Waals surface area contributed by atoms with E-state index in [4.69, 9.17) is 0 Å². The van der Waals surface area contributed by atoms with Gasteiger partial charge in [0.1, 0.15) is 0 Å². The summed E-state index contributed by atoms with van der Waals surface area (Å²) in [5, 5.41) is 0. The predicted octanol–water partition coefficient (Wildman–Crippen LogP) is 3.30. The van der Waals surface area contributed by atoms with Gasteiger partial charge in [-0.2, -0.15) is 0 Å². The predicted molar refractivity (Wildman–Crippen MR) is 94.3 cm³/mol. The van der Waals surface area contributed by atoms with Gasteiger partial charge in [-0.1, -0.05) is 43.2 Å². The van der Waals surface area contributed by atoms with Crippen LogP contribution in [0.25, 0.3) is 0 Å². The van der Waals surface area contributed by atoms with E-state index < -0.39 is 0 Å². The molecule has 0 radical (unpaired) electrons. The molecule has 3 heterocycles. The summed E-state index contributed by atoms with van der Waals surface area (Å²) in [7, 11) is 0. The molecule has 3 heteroatoms. The first-order valence-corrected chi connectivity index (χ1v) is 9.89. The second-order valence-electron chi connectivity index (χ2n) is 8.45. The maximum atomic E-state index is 12.6. The normalized spacial score (nSPS) is 38.8. The van der Waals surface area contributed by atoms with Crippen molar-refractivity contribution in [1.82, 2.24) is 9.80 Å². The number of nitrogens with zero attached hydrogens (tertiary/aromatic N) is 2. The van der Waals surface area contributed by atoms with Crippen LogP contribution in [0.15, 0.2) is 30.3 Å². The second kappa shape index (κ2) is 5.87. The maximum Gasteiger partial charge on any atom is 0.223 e. The fourth-order valence-corrected chi connectivity index (χ4v) is 6.32. The Morgan fingerprint density at radius 3 is 2.67 bits per heavy atom. The number of amides is 1. The lowest BCUT2D eigenvalue weighted by Gasteiger charge is -2.47. The van der Waals surface area contributed by atoms with Crippen molar-refractivity contribution in [2.75, 3.05) is 13.1 Å². The van der Waals surface area contributed by atoms with Crippen molar-refractivity contribution in [3.63, 3.8) is 0 Å². The molecule has 1 amide bonds. The second-order valence-corrected chi connectivity index (χ2v) is 8.45. The smallest absolute Gasteiger partial charge is 0.223 e. The highest BCUT2D eigenvalue weighted by Gasteiger charge is 2.57. The van der Waals surface area contributed by atoms with Crippen LogP contribution in [0.2, 0.25) is 0 Å². The highest BCUT2D eigenvalue weighted by atomic mass is 16.2. The summed E-state index contributed by atoms with van der Waals surface area (Å²) in [4.78, 5) is 17.7. The van der Waals surface area contributed by atoms with Gasteiger partial charge in [0.2, 0.25) is 5.91 Å². The summed E-state index contributed by atoms with van der Waals surface area (Å²) in [5.41, 5.74) is 1.43. The van der Waals surface area contributed by atoms with E-state index in [0.29, 0.717) is 23.9 Å². The van der Waals surface area contributed by atoms with Gasteiger partial charge in [-0.15, -0.1) is 0 Å². The van der Waals surface area contributed by atoms with E-state index in [1.54, 1.807) is 0 Å². The third-order valence-corrected chi connectivity index (χ3v) is 7.16. The van der Waals surface area contributed by atoms with Crippen molar-refractivity contribution in [1.29, 1.82) is 0 Å². The van der Waals surface area contributed by atoms with Crippen LogP contribution in [0.3, 0.4) is 0 Å².